The van der Waals surface area contributed by atoms with Crippen LogP contribution in [0.2, 0.25) is 0 Å². The average Bonchev–Trinajstić information content (AvgIpc) is 3.44. The second kappa shape index (κ2) is 7.25. The van der Waals surface area contributed by atoms with Gasteiger partial charge in [-0.15, -0.1) is 10.2 Å². The molecule has 5 rings (SSSR count). The number of fused-ring (bicyclic) bond motifs is 1. The summed E-state index contributed by atoms with van der Waals surface area (Å²) >= 11 is 0. The lowest BCUT2D eigenvalue weighted by molar-refractivity contribution is 0.102. The van der Waals surface area contributed by atoms with Crippen LogP contribution in [0.3, 0.4) is 0 Å². The van der Waals surface area contributed by atoms with Crippen LogP contribution in [0.5, 0.6) is 0 Å². The molecule has 0 aliphatic heterocycles. The number of carbonyl (C=O) groups excluding carboxylic acids is 1. The molecule has 0 bridgehead atoms. The van der Waals surface area contributed by atoms with Crippen molar-refractivity contribution in [1.29, 1.82) is 0 Å². The zero-order chi connectivity index (χ0) is 20.5. The lowest BCUT2D eigenvalue weighted by Gasteiger charge is -2.09. The van der Waals surface area contributed by atoms with E-state index in [0.717, 1.165) is 5.56 Å². The van der Waals surface area contributed by atoms with Crippen molar-refractivity contribution >= 4 is 22.7 Å². The van der Waals surface area contributed by atoms with E-state index in [1.54, 1.807) is 31.2 Å². The fourth-order valence-electron chi connectivity index (χ4n) is 3.26. The van der Waals surface area contributed by atoms with Gasteiger partial charge in [-0.3, -0.25) is 4.79 Å². The molecule has 3 aromatic heterocycles. The molecule has 2 aromatic carbocycles. The smallest absolute Gasteiger partial charge is 0.259 e. The third kappa shape index (κ3) is 3.20. The molecule has 0 radical (unpaired) electrons. The normalized spacial score (nSPS) is 11.0. The first-order valence-corrected chi connectivity index (χ1v) is 9.19. The number of aryl methyl sites for hydroxylation is 1. The molecule has 0 saturated carbocycles. The molecule has 8 heteroatoms. The van der Waals surface area contributed by atoms with Gasteiger partial charge in [-0.1, -0.05) is 41.6 Å². The van der Waals surface area contributed by atoms with E-state index in [1.807, 2.05) is 36.4 Å². The molecule has 5 aromatic rings. The molecule has 30 heavy (non-hydrogen) atoms. The maximum atomic E-state index is 13.2. The minimum Gasteiger partial charge on any atom is -0.423 e. The molecule has 0 spiro atoms. The molecule has 8 nitrogen and oxygen atoms in total. The minimum atomic E-state index is -0.298. The van der Waals surface area contributed by atoms with E-state index in [0.29, 0.717) is 45.2 Å². The van der Waals surface area contributed by atoms with Gasteiger partial charge in [0.2, 0.25) is 12.3 Å². The summed E-state index contributed by atoms with van der Waals surface area (Å²) in [6.07, 6.45) is 1.26. The summed E-state index contributed by atoms with van der Waals surface area (Å²) in [6, 6.07) is 18.5. The number of benzene rings is 2. The number of pyridine rings is 1. The van der Waals surface area contributed by atoms with Gasteiger partial charge in [-0.2, -0.15) is 0 Å². The van der Waals surface area contributed by atoms with Crippen LogP contribution in [0.1, 0.15) is 16.1 Å². The van der Waals surface area contributed by atoms with Gasteiger partial charge in [0.05, 0.1) is 22.3 Å². The third-order valence-corrected chi connectivity index (χ3v) is 4.66. The molecule has 0 fully saturated rings. The van der Waals surface area contributed by atoms with E-state index in [4.69, 9.17) is 8.94 Å². The lowest BCUT2D eigenvalue weighted by atomic mass is 10.0. The molecule has 0 aliphatic carbocycles. The van der Waals surface area contributed by atoms with Gasteiger partial charge in [-0.25, -0.2) is 4.98 Å². The molecule has 1 N–H and O–H groups in total. The number of carbonyl (C=O) groups is 1. The highest BCUT2D eigenvalue weighted by Gasteiger charge is 2.20. The summed E-state index contributed by atoms with van der Waals surface area (Å²) in [5.41, 5.74) is 4.15. The predicted octanol–water partition coefficient (Wildman–Crippen LogP) is 4.50. The Labute approximate surface area is 170 Å². The maximum absolute atomic E-state index is 13.2. The number of hydrogen-bond donors (Lipinski definition) is 1. The second-order valence-corrected chi connectivity index (χ2v) is 6.65. The highest BCUT2D eigenvalue weighted by Crippen LogP contribution is 2.28. The van der Waals surface area contributed by atoms with E-state index < -0.39 is 0 Å². The minimum absolute atomic E-state index is 0.298. The van der Waals surface area contributed by atoms with Crippen LogP contribution >= 0.6 is 0 Å². The average molecular weight is 397 g/mol. The first-order valence-electron chi connectivity index (χ1n) is 9.19. The summed E-state index contributed by atoms with van der Waals surface area (Å²) in [6.45, 7) is 1.78. The van der Waals surface area contributed by atoms with Crippen LogP contribution in [0.4, 0.5) is 5.69 Å². The number of nitrogens with zero attached hydrogens (tertiary/aromatic N) is 4. The topological polar surface area (TPSA) is 107 Å². The van der Waals surface area contributed by atoms with E-state index >= 15 is 0 Å². The van der Waals surface area contributed by atoms with Gasteiger partial charge in [0.1, 0.15) is 0 Å². The van der Waals surface area contributed by atoms with E-state index in [1.165, 1.54) is 6.39 Å². The summed E-state index contributed by atoms with van der Waals surface area (Å²) in [5, 5.41) is 15.1. The van der Waals surface area contributed by atoms with Crippen LogP contribution < -0.4 is 5.32 Å². The summed E-state index contributed by atoms with van der Waals surface area (Å²) < 4.78 is 10.6. The van der Waals surface area contributed by atoms with E-state index in [2.05, 4.69) is 25.7 Å². The molecule has 0 unspecified atom stereocenters. The fourth-order valence-corrected chi connectivity index (χ4v) is 3.26. The van der Waals surface area contributed by atoms with Crippen LogP contribution in [0, 0.1) is 6.92 Å². The molecule has 3 heterocycles. The van der Waals surface area contributed by atoms with E-state index in [9.17, 15) is 4.79 Å². The molecule has 0 aliphatic rings. The van der Waals surface area contributed by atoms with Crippen molar-refractivity contribution in [3.8, 4) is 22.7 Å². The summed E-state index contributed by atoms with van der Waals surface area (Å²) in [4.78, 5) is 17.7. The Morgan fingerprint density at radius 1 is 1.00 bits per heavy atom. The fraction of sp³-hybridized carbons (Fsp3) is 0.0455. The Bertz CT molecular complexity index is 1340. The number of rotatable bonds is 4. The van der Waals surface area contributed by atoms with Gasteiger partial charge in [-0.05, 0) is 31.2 Å². The third-order valence-electron chi connectivity index (χ3n) is 4.66. The van der Waals surface area contributed by atoms with Gasteiger partial charge in [0.15, 0.2) is 0 Å². The zero-order valence-electron chi connectivity index (χ0n) is 15.9. The lowest BCUT2D eigenvalue weighted by Crippen LogP contribution is -2.13. The highest BCUT2D eigenvalue weighted by atomic mass is 16.5. The Kier molecular flexibility index (Phi) is 4.29. The monoisotopic (exact) mass is 397 g/mol. The maximum Gasteiger partial charge on any atom is 0.259 e. The van der Waals surface area contributed by atoms with Crippen LogP contribution in [0.15, 0.2) is 76.0 Å². The molecular formula is C22H15N5O3. The van der Waals surface area contributed by atoms with Gasteiger partial charge >= 0.3 is 0 Å². The van der Waals surface area contributed by atoms with Crippen molar-refractivity contribution in [2.24, 2.45) is 0 Å². The number of aromatic nitrogens is 4. The SMILES string of the molecule is Cc1noc2nc(-c3ccccc3)cc(C(=O)Nc3cccc(-c4nnco4)c3)c12. The van der Waals surface area contributed by atoms with Crippen molar-refractivity contribution in [3.63, 3.8) is 0 Å². The number of nitrogens with one attached hydrogen (secondary N) is 1. The van der Waals surface area contributed by atoms with Crippen LogP contribution in [-0.2, 0) is 0 Å². The molecule has 0 saturated heterocycles. The number of amides is 1. The summed E-state index contributed by atoms with van der Waals surface area (Å²) in [7, 11) is 0. The van der Waals surface area contributed by atoms with Crippen molar-refractivity contribution < 1.29 is 13.7 Å². The second-order valence-electron chi connectivity index (χ2n) is 6.65. The molecule has 146 valence electrons. The quantitative estimate of drug-likeness (QED) is 0.476. The first kappa shape index (κ1) is 17.7. The van der Waals surface area contributed by atoms with Crippen molar-refractivity contribution in [1.82, 2.24) is 20.3 Å². The Balaban J connectivity index is 1.55. The summed E-state index contributed by atoms with van der Waals surface area (Å²) in [5.74, 6) is 0.0761. The van der Waals surface area contributed by atoms with Crippen LogP contribution in [-0.4, -0.2) is 26.2 Å². The molecular weight excluding hydrogens is 382 g/mol. The Morgan fingerprint density at radius 2 is 1.83 bits per heavy atom. The largest absolute Gasteiger partial charge is 0.423 e. The van der Waals surface area contributed by atoms with Crippen molar-refractivity contribution in [2.45, 2.75) is 6.92 Å². The molecule has 0 atom stereocenters. The van der Waals surface area contributed by atoms with Gasteiger partial charge in [0.25, 0.3) is 11.6 Å². The Morgan fingerprint density at radius 3 is 2.63 bits per heavy atom. The molecule has 1 amide bonds. The number of anilines is 1. The van der Waals surface area contributed by atoms with Crippen molar-refractivity contribution in [2.75, 3.05) is 5.32 Å². The predicted molar refractivity (Wildman–Crippen MR) is 110 cm³/mol. The van der Waals surface area contributed by atoms with Gasteiger partial charge < -0.3 is 14.3 Å². The first-order chi connectivity index (χ1) is 14.7. The van der Waals surface area contributed by atoms with E-state index in [-0.39, 0.29) is 5.91 Å². The highest BCUT2D eigenvalue weighted by molar-refractivity contribution is 6.13. The Hall–Kier alpha value is -4.33. The number of hydrogen-bond acceptors (Lipinski definition) is 7. The van der Waals surface area contributed by atoms with Crippen molar-refractivity contribution in [3.05, 3.63) is 78.3 Å². The van der Waals surface area contributed by atoms with Gasteiger partial charge in [0, 0.05) is 16.8 Å². The zero-order valence-corrected chi connectivity index (χ0v) is 15.9. The van der Waals surface area contributed by atoms with Crippen LogP contribution in [0.25, 0.3) is 33.8 Å². The standard InChI is InChI=1S/C22H15N5O3/c1-13-19-17(11-18(25-22(19)30-27-13)14-6-3-2-4-7-14)20(28)24-16-9-5-8-15(10-16)21-26-23-12-29-21/h2-12H,1H3,(H,24,28).